The molecule has 5 nitrogen and oxygen atoms in total. The number of ketones is 1. The van der Waals surface area contributed by atoms with E-state index >= 15 is 0 Å². The molecule has 1 aliphatic rings. The van der Waals surface area contributed by atoms with Crippen molar-refractivity contribution in [3.63, 3.8) is 0 Å². The summed E-state index contributed by atoms with van der Waals surface area (Å²) in [4.78, 5) is 23.8. The van der Waals surface area contributed by atoms with Crippen LogP contribution in [0.15, 0.2) is 12.1 Å². The molecule has 1 amide bonds. The van der Waals surface area contributed by atoms with Crippen LogP contribution in [0.1, 0.15) is 36.2 Å². The summed E-state index contributed by atoms with van der Waals surface area (Å²) >= 11 is 0. The molecule has 2 rings (SSSR count). The van der Waals surface area contributed by atoms with Gasteiger partial charge in [0.15, 0.2) is 5.78 Å². The van der Waals surface area contributed by atoms with Crippen LogP contribution in [0, 0.1) is 0 Å². The molecule has 1 aromatic rings. The summed E-state index contributed by atoms with van der Waals surface area (Å²) < 4.78 is 5.25. The number of benzene rings is 1. The third kappa shape index (κ3) is 3.95. The predicted molar refractivity (Wildman–Crippen MR) is 84.7 cm³/mol. The van der Waals surface area contributed by atoms with Crippen LogP contribution < -0.4 is 15.4 Å². The first-order valence-corrected chi connectivity index (χ1v) is 6.79. The molecule has 0 aromatic heterocycles. The molecular weight excluding hydrogens is 292 g/mol. The number of hydrogen-bond donors (Lipinski definition) is 2. The number of hydrogen-bond acceptors (Lipinski definition) is 4. The summed E-state index contributed by atoms with van der Waals surface area (Å²) in [7, 11) is 1.55. The van der Waals surface area contributed by atoms with Gasteiger partial charge in [0, 0.05) is 18.0 Å². The maximum Gasteiger partial charge on any atom is 0.224 e. The minimum atomic E-state index is -0.0410. The fourth-order valence-electron chi connectivity index (χ4n) is 2.29. The van der Waals surface area contributed by atoms with E-state index in [4.69, 9.17) is 4.74 Å². The molecule has 0 saturated carbocycles. The average Bonchev–Trinajstić information content (AvgIpc) is 2.43. The quantitative estimate of drug-likeness (QED) is 0.818. The number of rotatable bonds is 5. The van der Waals surface area contributed by atoms with E-state index in [1.54, 1.807) is 19.2 Å². The lowest BCUT2D eigenvalue weighted by Gasteiger charge is -2.22. The summed E-state index contributed by atoms with van der Waals surface area (Å²) in [5, 5.41) is 5.92. The van der Waals surface area contributed by atoms with Crippen molar-refractivity contribution in [3.8, 4) is 5.75 Å². The maximum absolute atomic E-state index is 12.3. The number of fused-ring (bicyclic) bond motifs is 1. The highest BCUT2D eigenvalue weighted by molar-refractivity contribution is 6.04. The van der Waals surface area contributed by atoms with Crippen LogP contribution in [0.25, 0.3) is 0 Å². The van der Waals surface area contributed by atoms with Crippen molar-refractivity contribution in [2.24, 2.45) is 0 Å². The molecule has 1 aliphatic heterocycles. The van der Waals surface area contributed by atoms with Gasteiger partial charge in [0.2, 0.25) is 5.91 Å². The van der Waals surface area contributed by atoms with E-state index in [0.717, 1.165) is 5.56 Å². The van der Waals surface area contributed by atoms with Crippen molar-refractivity contribution < 1.29 is 14.3 Å². The number of ether oxygens (including phenoxy) is 1. The molecule has 0 bridgehead atoms. The highest BCUT2D eigenvalue weighted by Crippen LogP contribution is 2.35. The van der Waals surface area contributed by atoms with Gasteiger partial charge < -0.3 is 15.4 Å². The molecule has 21 heavy (non-hydrogen) atoms. The molecule has 0 unspecified atom stereocenters. The Hall–Kier alpha value is -1.59. The molecular formula is C15H21ClN2O3. The SMILES string of the molecule is COc1ccc(C(=O)CNC(C)C)c2c1NC(=O)CC2.Cl. The molecule has 0 aliphatic carbocycles. The monoisotopic (exact) mass is 312 g/mol. The van der Waals surface area contributed by atoms with Crippen LogP contribution in [0.4, 0.5) is 5.69 Å². The second-order valence-corrected chi connectivity index (χ2v) is 5.18. The van der Waals surface area contributed by atoms with Crippen molar-refractivity contribution in [1.82, 2.24) is 5.32 Å². The minimum absolute atomic E-state index is 0. The lowest BCUT2D eigenvalue weighted by Crippen LogP contribution is -2.30. The first-order valence-electron chi connectivity index (χ1n) is 6.79. The van der Waals surface area contributed by atoms with Crippen LogP contribution in [0.5, 0.6) is 5.75 Å². The fraction of sp³-hybridized carbons (Fsp3) is 0.467. The van der Waals surface area contributed by atoms with E-state index in [-0.39, 0.29) is 30.1 Å². The Balaban J connectivity index is 0.00000220. The standard InChI is InChI=1S/C15H20N2O3.ClH/c1-9(2)16-8-12(18)10-4-6-13(20-3)15-11(10)5-7-14(19)17-15;/h4,6,9,16H,5,7-8H2,1-3H3,(H,17,19);1H. The van der Waals surface area contributed by atoms with Crippen LogP contribution in [-0.2, 0) is 11.2 Å². The van der Waals surface area contributed by atoms with Crippen molar-refractivity contribution in [3.05, 3.63) is 23.3 Å². The molecule has 2 N–H and O–H groups in total. The number of amides is 1. The lowest BCUT2D eigenvalue weighted by molar-refractivity contribution is -0.116. The summed E-state index contributed by atoms with van der Waals surface area (Å²) in [6.07, 6.45) is 0.971. The van der Waals surface area contributed by atoms with E-state index in [1.165, 1.54) is 0 Å². The number of carbonyl (C=O) groups is 2. The van der Waals surface area contributed by atoms with Gasteiger partial charge in [-0.3, -0.25) is 9.59 Å². The Morgan fingerprint density at radius 3 is 2.71 bits per heavy atom. The van der Waals surface area contributed by atoms with Gasteiger partial charge >= 0.3 is 0 Å². The van der Waals surface area contributed by atoms with E-state index in [0.29, 0.717) is 36.4 Å². The zero-order valence-electron chi connectivity index (χ0n) is 12.5. The number of halogens is 1. The Labute approximate surface area is 130 Å². The normalized spacial score (nSPS) is 13.2. The van der Waals surface area contributed by atoms with E-state index < -0.39 is 0 Å². The van der Waals surface area contributed by atoms with Crippen molar-refractivity contribution in [1.29, 1.82) is 0 Å². The number of carbonyl (C=O) groups excluding carboxylic acids is 2. The zero-order valence-corrected chi connectivity index (χ0v) is 13.3. The summed E-state index contributed by atoms with van der Waals surface area (Å²) in [6, 6.07) is 3.76. The number of anilines is 1. The Morgan fingerprint density at radius 1 is 1.38 bits per heavy atom. The van der Waals surface area contributed by atoms with Gasteiger partial charge in [-0.15, -0.1) is 12.4 Å². The smallest absolute Gasteiger partial charge is 0.224 e. The summed E-state index contributed by atoms with van der Waals surface area (Å²) in [5.74, 6) is 0.593. The fourth-order valence-corrected chi connectivity index (χ4v) is 2.29. The molecule has 0 atom stereocenters. The number of methoxy groups -OCH3 is 1. The van der Waals surface area contributed by atoms with Crippen LogP contribution in [-0.4, -0.2) is 31.4 Å². The maximum atomic E-state index is 12.3. The molecule has 6 heteroatoms. The molecule has 1 heterocycles. The highest BCUT2D eigenvalue weighted by Gasteiger charge is 2.24. The minimum Gasteiger partial charge on any atom is -0.495 e. The summed E-state index contributed by atoms with van der Waals surface area (Å²) in [5.41, 5.74) is 2.17. The van der Waals surface area contributed by atoms with E-state index in [9.17, 15) is 9.59 Å². The highest BCUT2D eigenvalue weighted by atomic mass is 35.5. The van der Waals surface area contributed by atoms with Gasteiger partial charge in [-0.2, -0.15) is 0 Å². The Kier molecular flexibility index (Phi) is 6.18. The van der Waals surface area contributed by atoms with E-state index in [1.807, 2.05) is 13.8 Å². The topological polar surface area (TPSA) is 67.4 Å². The first-order chi connectivity index (χ1) is 9.52. The third-order valence-corrected chi connectivity index (χ3v) is 3.33. The van der Waals surface area contributed by atoms with Gasteiger partial charge in [-0.25, -0.2) is 0 Å². The van der Waals surface area contributed by atoms with Gasteiger partial charge in [0.05, 0.1) is 19.3 Å². The molecule has 116 valence electrons. The number of nitrogens with one attached hydrogen (secondary N) is 2. The van der Waals surface area contributed by atoms with Crippen molar-refractivity contribution >= 4 is 29.8 Å². The van der Waals surface area contributed by atoms with E-state index in [2.05, 4.69) is 10.6 Å². The molecule has 1 aromatic carbocycles. The van der Waals surface area contributed by atoms with Crippen LogP contribution in [0.2, 0.25) is 0 Å². The molecule has 0 radical (unpaired) electrons. The average molecular weight is 313 g/mol. The zero-order chi connectivity index (χ0) is 14.7. The largest absolute Gasteiger partial charge is 0.495 e. The second-order valence-electron chi connectivity index (χ2n) is 5.18. The van der Waals surface area contributed by atoms with Crippen molar-refractivity contribution in [2.75, 3.05) is 19.0 Å². The van der Waals surface area contributed by atoms with Crippen LogP contribution >= 0.6 is 12.4 Å². The predicted octanol–water partition coefficient (Wildman–Crippen LogP) is 2.18. The Morgan fingerprint density at radius 2 is 2.10 bits per heavy atom. The van der Waals surface area contributed by atoms with Gasteiger partial charge in [-0.1, -0.05) is 13.8 Å². The molecule has 0 spiro atoms. The third-order valence-electron chi connectivity index (χ3n) is 3.33. The molecule has 0 saturated heterocycles. The lowest BCUT2D eigenvalue weighted by atomic mass is 9.94. The molecule has 0 fully saturated rings. The Bertz CT molecular complexity index is 544. The second kappa shape index (κ2) is 7.43. The number of Topliss-reactive ketones (excluding diaryl/α,β-unsaturated/α-hetero) is 1. The van der Waals surface area contributed by atoms with Crippen molar-refractivity contribution in [2.45, 2.75) is 32.7 Å². The van der Waals surface area contributed by atoms with Gasteiger partial charge in [0.25, 0.3) is 0 Å². The first kappa shape index (κ1) is 17.5. The van der Waals surface area contributed by atoms with Crippen LogP contribution in [0.3, 0.4) is 0 Å². The van der Waals surface area contributed by atoms with Gasteiger partial charge in [-0.05, 0) is 24.1 Å². The van der Waals surface area contributed by atoms with Gasteiger partial charge in [0.1, 0.15) is 5.75 Å². The summed E-state index contributed by atoms with van der Waals surface area (Å²) in [6.45, 7) is 4.29.